The molecule has 0 aliphatic heterocycles. The van der Waals surface area contributed by atoms with Crippen molar-refractivity contribution in [3.05, 3.63) is 53.7 Å². The molecule has 0 aliphatic carbocycles. The summed E-state index contributed by atoms with van der Waals surface area (Å²) in [6, 6.07) is 8.93. The van der Waals surface area contributed by atoms with Gasteiger partial charge in [-0.1, -0.05) is 29.8 Å². The molecule has 2 aromatic heterocycles. The van der Waals surface area contributed by atoms with E-state index in [2.05, 4.69) is 15.1 Å². The number of hydrogen-bond acceptors (Lipinski definition) is 4. The average Bonchev–Trinajstić information content (AvgIpc) is 2.84. The zero-order chi connectivity index (χ0) is 14.1. The minimum absolute atomic E-state index is 0.0243. The molecule has 2 heterocycles. The molecule has 0 saturated heterocycles. The Morgan fingerprint density at radius 1 is 1.15 bits per heavy atom. The van der Waals surface area contributed by atoms with Crippen LogP contribution in [0.25, 0.3) is 16.9 Å². The van der Waals surface area contributed by atoms with Crippen LogP contribution in [0.15, 0.2) is 42.7 Å². The summed E-state index contributed by atoms with van der Waals surface area (Å²) in [4.78, 5) is 7.70. The molecule has 3 rings (SSSR count). The molecule has 0 aliphatic rings. The van der Waals surface area contributed by atoms with Crippen molar-refractivity contribution in [1.29, 1.82) is 0 Å². The summed E-state index contributed by atoms with van der Waals surface area (Å²) in [6.45, 7) is 0. The summed E-state index contributed by atoms with van der Waals surface area (Å²) in [5.74, 6) is -0.535. The summed E-state index contributed by atoms with van der Waals surface area (Å²) in [5.41, 5.74) is 6.50. The van der Waals surface area contributed by atoms with E-state index >= 15 is 0 Å². The first-order valence-corrected chi connectivity index (χ1v) is 6.12. The molecular formula is C13H9ClFN5. The van der Waals surface area contributed by atoms with Gasteiger partial charge in [-0.2, -0.15) is 9.49 Å². The number of aromatic nitrogens is 4. The van der Waals surface area contributed by atoms with Crippen LogP contribution < -0.4 is 5.73 Å². The van der Waals surface area contributed by atoms with E-state index in [0.29, 0.717) is 5.69 Å². The predicted molar refractivity (Wildman–Crippen MR) is 74.0 cm³/mol. The zero-order valence-electron chi connectivity index (χ0n) is 10.2. The summed E-state index contributed by atoms with van der Waals surface area (Å²) in [6.07, 6.45) is 2.69. The maximum atomic E-state index is 14.5. The quantitative estimate of drug-likeness (QED) is 0.787. The highest BCUT2D eigenvalue weighted by molar-refractivity contribution is 6.32. The van der Waals surface area contributed by atoms with Gasteiger partial charge in [0.2, 0.25) is 11.9 Å². The van der Waals surface area contributed by atoms with Crippen molar-refractivity contribution in [2.24, 2.45) is 0 Å². The van der Waals surface area contributed by atoms with Gasteiger partial charge in [0.05, 0.1) is 28.7 Å². The lowest BCUT2D eigenvalue weighted by atomic mass is 10.2. The van der Waals surface area contributed by atoms with Crippen molar-refractivity contribution in [1.82, 2.24) is 19.7 Å². The monoisotopic (exact) mass is 289 g/mol. The molecule has 0 atom stereocenters. The first-order chi connectivity index (χ1) is 9.66. The topological polar surface area (TPSA) is 69.6 Å². The lowest BCUT2D eigenvalue weighted by Gasteiger charge is -2.03. The van der Waals surface area contributed by atoms with E-state index in [1.165, 1.54) is 17.1 Å². The highest BCUT2D eigenvalue weighted by Crippen LogP contribution is 2.28. The third-order valence-electron chi connectivity index (χ3n) is 2.73. The highest BCUT2D eigenvalue weighted by atomic mass is 35.5. The molecule has 0 radical (unpaired) electrons. The van der Waals surface area contributed by atoms with E-state index < -0.39 is 5.95 Å². The SMILES string of the molecule is Nc1ncc(Cl)c(-c2cnn(-c3ccccc3)c2F)n1. The van der Waals surface area contributed by atoms with Gasteiger partial charge in [-0.15, -0.1) is 0 Å². The molecule has 2 N–H and O–H groups in total. The lowest BCUT2D eigenvalue weighted by Crippen LogP contribution is -2.01. The van der Waals surface area contributed by atoms with Crippen LogP contribution in [-0.4, -0.2) is 19.7 Å². The minimum Gasteiger partial charge on any atom is -0.368 e. The van der Waals surface area contributed by atoms with Crippen LogP contribution in [0.2, 0.25) is 5.02 Å². The van der Waals surface area contributed by atoms with Crippen LogP contribution >= 0.6 is 11.6 Å². The summed E-state index contributed by atoms with van der Waals surface area (Å²) < 4.78 is 15.6. The third-order valence-corrected chi connectivity index (χ3v) is 3.01. The number of benzene rings is 1. The minimum atomic E-state index is -0.559. The van der Waals surface area contributed by atoms with Crippen LogP contribution in [0, 0.1) is 5.95 Å². The van der Waals surface area contributed by atoms with Gasteiger partial charge in [0.1, 0.15) is 5.69 Å². The third kappa shape index (κ3) is 2.10. The van der Waals surface area contributed by atoms with Crippen molar-refractivity contribution in [2.75, 3.05) is 5.73 Å². The zero-order valence-corrected chi connectivity index (χ0v) is 10.9. The number of halogens is 2. The van der Waals surface area contributed by atoms with Crippen molar-refractivity contribution in [2.45, 2.75) is 0 Å². The largest absolute Gasteiger partial charge is 0.368 e. The molecule has 5 nitrogen and oxygen atoms in total. The maximum Gasteiger partial charge on any atom is 0.225 e. The molecule has 0 saturated carbocycles. The van der Waals surface area contributed by atoms with Crippen molar-refractivity contribution >= 4 is 17.5 Å². The Hall–Kier alpha value is -2.47. The van der Waals surface area contributed by atoms with Crippen LogP contribution in [0.3, 0.4) is 0 Å². The second-order valence-electron chi connectivity index (χ2n) is 4.02. The van der Waals surface area contributed by atoms with E-state index in [1.54, 1.807) is 24.3 Å². The standard InChI is InChI=1S/C13H9ClFN5/c14-10-7-17-13(16)19-11(10)9-6-18-20(12(9)15)8-4-2-1-3-5-8/h1-7H,(H2,16,17,19). The number of nitrogens with zero attached hydrogens (tertiary/aromatic N) is 4. The van der Waals surface area contributed by atoms with Crippen molar-refractivity contribution in [3.63, 3.8) is 0 Å². The van der Waals surface area contributed by atoms with Gasteiger partial charge < -0.3 is 5.73 Å². The van der Waals surface area contributed by atoms with Crippen molar-refractivity contribution in [3.8, 4) is 16.9 Å². The molecular weight excluding hydrogens is 281 g/mol. The first-order valence-electron chi connectivity index (χ1n) is 5.74. The number of rotatable bonds is 2. The fourth-order valence-corrected chi connectivity index (χ4v) is 2.00. The van der Waals surface area contributed by atoms with Gasteiger partial charge >= 0.3 is 0 Å². The highest BCUT2D eigenvalue weighted by Gasteiger charge is 2.17. The van der Waals surface area contributed by atoms with Gasteiger partial charge in [-0.05, 0) is 12.1 Å². The molecule has 1 aromatic carbocycles. The number of hydrogen-bond donors (Lipinski definition) is 1. The Morgan fingerprint density at radius 2 is 1.90 bits per heavy atom. The average molecular weight is 290 g/mol. The predicted octanol–water partition coefficient (Wildman–Crippen LogP) is 2.70. The van der Waals surface area contributed by atoms with Gasteiger partial charge in [-0.25, -0.2) is 14.6 Å². The molecule has 0 bridgehead atoms. The van der Waals surface area contributed by atoms with Crippen LogP contribution in [0.1, 0.15) is 0 Å². The van der Waals surface area contributed by atoms with Gasteiger partial charge in [0.15, 0.2) is 0 Å². The first kappa shape index (κ1) is 12.6. The molecule has 0 amide bonds. The molecule has 0 spiro atoms. The molecule has 100 valence electrons. The van der Waals surface area contributed by atoms with Gasteiger partial charge in [0, 0.05) is 0 Å². The molecule has 7 heteroatoms. The van der Waals surface area contributed by atoms with Gasteiger partial charge in [-0.3, -0.25) is 0 Å². The number of nitrogens with two attached hydrogens (primary N) is 1. The Bertz CT molecular complexity index is 757. The van der Waals surface area contributed by atoms with E-state index in [0.717, 1.165) is 0 Å². The second-order valence-corrected chi connectivity index (χ2v) is 4.43. The van der Waals surface area contributed by atoms with Crippen LogP contribution in [-0.2, 0) is 0 Å². The normalized spacial score (nSPS) is 10.7. The number of anilines is 1. The number of para-hydroxylation sites is 1. The van der Waals surface area contributed by atoms with E-state index in [4.69, 9.17) is 17.3 Å². The maximum absolute atomic E-state index is 14.5. The van der Waals surface area contributed by atoms with E-state index in [1.807, 2.05) is 6.07 Å². The Labute approximate surface area is 118 Å². The molecule has 20 heavy (non-hydrogen) atoms. The Balaban J connectivity index is 2.14. The fraction of sp³-hybridized carbons (Fsp3) is 0. The van der Waals surface area contributed by atoms with Crippen molar-refractivity contribution < 1.29 is 4.39 Å². The molecule has 0 fully saturated rings. The Kier molecular flexibility index (Phi) is 3.08. The molecule has 3 aromatic rings. The fourth-order valence-electron chi connectivity index (χ4n) is 1.81. The molecule has 0 unspecified atom stereocenters. The summed E-state index contributed by atoms with van der Waals surface area (Å²) >= 11 is 5.97. The van der Waals surface area contributed by atoms with Crippen LogP contribution in [0.4, 0.5) is 10.3 Å². The Morgan fingerprint density at radius 3 is 2.65 bits per heavy atom. The summed E-state index contributed by atoms with van der Waals surface area (Å²) in [5, 5.41) is 4.23. The summed E-state index contributed by atoms with van der Waals surface area (Å²) in [7, 11) is 0. The lowest BCUT2D eigenvalue weighted by molar-refractivity contribution is 0.539. The van der Waals surface area contributed by atoms with Crippen LogP contribution in [0.5, 0.6) is 0 Å². The second kappa shape index (κ2) is 4.90. The van der Waals surface area contributed by atoms with E-state index in [9.17, 15) is 4.39 Å². The van der Waals surface area contributed by atoms with E-state index in [-0.39, 0.29) is 22.2 Å². The van der Waals surface area contributed by atoms with Gasteiger partial charge in [0.25, 0.3) is 0 Å². The number of nitrogen functional groups attached to an aromatic ring is 1. The smallest absolute Gasteiger partial charge is 0.225 e.